The molecule has 0 spiro atoms. The van der Waals surface area contributed by atoms with Gasteiger partial charge in [-0.3, -0.25) is 14.1 Å². The minimum Gasteiger partial charge on any atom is -0.367 e. The fraction of sp³-hybridized carbons (Fsp3) is 0.269. The normalized spacial score (nSPS) is 14.4. The van der Waals surface area contributed by atoms with E-state index in [1.54, 1.807) is 40.9 Å². The zero-order valence-electron chi connectivity index (χ0n) is 19.2. The molecule has 0 radical (unpaired) electrons. The molecule has 1 aliphatic rings. The number of hydrogen-bond acceptors (Lipinski definition) is 5. The molecule has 1 N–H and O–H groups in total. The second-order valence-electron chi connectivity index (χ2n) is 8.56. The summed E-state index contributed by atoms with van der Waals surface area (Å²) >= 11 is 0. The topological polar surface area (TPSA) is 65.8 Å². The van der Waals surface area contributed by atoms with Crippen molar-refractivity contribution in [1.82, 2.24) is 24.8 Å². The molecule has 2 aromatic carbocycles. The van der Waals surface area contributed by atoms with Gasteiger partial charge in [0.2, 0.25) is 0 Å². The number of carbonyl (C=O) groups excluding carboxylic acids is 1. The van der Waals surface area contributed by atoms with Gasteiger partial charge in [0, 0.05) is 50.0 Å². The SMILES string of the molecule is O=C(NCCCN1CCN(c2ccccc2F)CC1)c1ccn2c(-c3ccc(F)cc3)nnc2c1. The molecule has 1 saturated heterocycles. The van der Waals surface area contributed by atoms with Crippen LogP contribution in [0.25, 0.3) is 17.0 Å². The molecule has 4 aromatic rings. The van der Waals surface area contributed by atoms with E-state index >= 15 is 0 Å². The maximum atomic E-state index is 14.0. The first-order chi connectivity index (χ1) is 17.1. The van der Waals surface area contributed by atoms with Crippen LogP contribution in [0.3, 0.4) is 0 Å². The van der Waals surface area contributed by atoms with Crippen molar-refractivity contribution in [3.05, 3.63) is 84.1 Å². The quantitative estimate of drug-likeness (QED) is 0.413. The van der Waals surface area contributed by atoms with E-state index < -0.39 is 0 Å². The van der Waals surface area contributed by atoms with E-state index in [-0.39, 0.29) is 17.5 Å². The molecule has 0 aliphatic carbocycles. The molecule has 3 heterocycles. The van der Waals surface area contributed by atoms with Crippen LogP contribution >= 0.6 is 0 Å². The summed E-state index contributed by atoms with van der Waals surface area (Å²) in [6.45, 7) is 4.72. The molecule has 2 aromatic heterocycles. The largest absolute Gasteiger partial charge is 0.367 e. The monoisotopic (exact) mass is 476 g/mol. The molecule has 1 fully saturated rings. The van der Waals surface area contributed by atoms with Crippen molar-refractivity contribution in [3.63, 3.8) is 0 Å². The highest BCUT2D eigenvalue weighted by Gasteiger charge is 2.19. The Morgan fingerprint density at radius 2 is 1.71 bits per heavy atom. The van der Waals surface area contributed by atoms with Gasteiger partial charge in [-0.2, -0.15) is 0 Å². The Labute approximate surface area is 202 Å². The van der Waals surface area contributed by atoms with Gasteiger partial charge in [-0.1, -0.05) is 12.1 Å². The van der Waals surface area contributed by atoms with Crippen LogP contribution in [-0.2, 0) is 0 Å². The predicted octanol–water partition coefficient (Wildman–Crippen LogP) is 3.62. The van der Waals surface area contributed by atoms with Gasteiger partial charge in [-0.25, -0.2) is 8.78 Å². The summed E-state index contributed by atoms with van der Waals surface area (Å²) in [7, 11) is 0. The highest BCUT2D eigenvalue weighted by Crippen LogP contribution is 2.21. The van der Waals surface area contributed by atoms with E-state index in [1.807, 2.05) is 12.1 Å². The summed E-state index contributed by atoms with van der Waals surface area (Å²) in [4.78, 5) is 17.0. The van der Waals surface area contributed by atoms with Crippen LogP contribution in [0.1, 0.15) is 16.8 Å². The van der Waals surface area contributed by atoms with Gasteiger partial charge in [0.1, 0.15) is 11.6 Å². The number of aromatic nitrogens is 3. The number of carbonyl (C=O) groups is 1. The Balaban J connectivity index is 1.10. The molecule has 1 aliphatic heterocycles. The lowest BCUT2D eigenvalue weighted by atomic mass is 10.2. The molecule has 180 valence electrons. The molecule has 1 amide bonds. The first-order valence-corrected chi connectivity index (χ1v) is 11.7. The summed E-state index contributed by atoms with van der Waals surface area (Å²) < 4.78 is 29.0. The second kappa shape index (κ2) is 10.2. The Kier molecular flexibility index (Phi) is 6.67. The second-order valence-corrected chi connectivity index (χ2v) is 8.56. The average molecular weight is 477 g/mol. The summed E-state index contributed by atoms with van der Waals surface area (Å²) in [5.74, 6) is -0.0729. The van der Waals surface area contributed by atoms with E-state index in [2.05, 4.69) is 25.3 Å². The standard InChI is InChI=1S/C26H26F2N6O/c27-21-8-6-19(7-9-21)25-31-30-24-18-20(10-13-34(24)25)26(35)29-11-3-12-32-14-16-33(17-15-32)23-5-2-1-4-22(23)28/h1-2,4-10,13,18H,3,11-12,14-17H2,(H,29,35). The lowest BCUT2D eigenvalue weighted by Gasteiger charge is -2.36. The van der Waals surface area contributed by atoms with Crippen molar-refractivity contribution in [2.45, 2.75) is 6.42 Å². The number of fused-ring (bicyclic) bond motifs is 1. The van der Waals surface area contributed by atoms with Crippen LogP contribution in [0, 0.1) is 11.6 Å². The zero-order valence-corrected chi connectivity index (χ0v) is 19.2. The average Bonchev–Trinajstić information content (AvgIpc) is 3.31. The number of anilines is 1. The maximum Gasteiger partial charge on any atom is 0.251 e. The molecule has 7 nitrogen and oxygen atoms in total. The van der Waals surface area contributed by atoms with Crippen LogP contribution in [0.15, 0.2) is 66.9 Å². The molecule has 0 bridgehead atoms. The highest BCUT2D eigenvalue weighted by molar-refractivity contribution is 5.95. The fourth-order valence-corrected chi connectivity index (χ4v) is 4.36. The Morgan fingerprint density at radius 1 is 0.943 bits per heavy atom. The zero-order chi connectivity index (χ0) is 24.2. The van der Waals surface area contributed by atoms with Gasteiger partial charge >= 0.3 is 0 Å². The number of nitrogens with one attached hydrogen (secondary N) is 1. The smallest absolute Gasteiger partial charge is 0.251 e. The molecule has 9 heteroatoms. The minimum absolute atomic E-state index is 0.164. The van der Waals surface area contributed by atoms with Crippen LogP contribution in [0.4, 0.5) is 14.5 Å². The number of hydrogen-bond donors (Lipinski definition) is 1. The lowest BCUT2D eigenvalue weighted by Crippen LogP contribution is -2.47. The molecule has 5 rings (SSSR count). The number of halogens is 2. The molecule has 0 saturated carbocycles. The molecule has 35 heavy (non-hydrogen) atoms. The van der Waals surface area contributed by atoms with Crippen molar-refractivity contribution >= 4 is 17.2 Å². The summed E-state index contributed by atoms with van der Waals surface area (Å²) in [6.07, 6.45) is 2.57. The van der Waals surface area contributed by atoms with Gasteiger partial charge in [0.15, 0.2) is 11.5 Å². The number of piperazine rings is 1. The number of nitrogens with zero attached hydrogens (tertiary/aromatic N) is 5. The van der Waals surface area contributed by atoms with E-state index in [0.717, 1.165) is 44.7 Å². The van der Waals surface area contributed by atoms with Gasteiger partial charge in [-0.05, 0) is 61.5 Å². The Bertz CT molecular complexity index is 1320. The van der Waals surface area contributed by atoms with Gasteiger partial charge in [-0.15, -0.1) is 10.2 Å². The third kappa shape index (κ3) is 5.14. The van der Waals surface area contributed by atoms with Gasteiger partial charge in [0.05, 0.1) is 5.69 Å². The van der Waals surface area contributed by atoms with Crippen molar-refractivity contribution < 1.29 is 13.6 Å². The number of rotatable bonds is 7. The fourth-order valence-electron chi connectivity index (χ4n) is 4.36. The molecule has 0 unspecified atom stereocenters. The number of pyridine rings is 1. The summed E-state index contributed by atoms with van der Waals surface area (Å²) in [5, 5.41) is 11.3. The van der Waals surface area contributed by atoms with E-state index in [1.165, 1.54) is 18.2 Å². The lowest BCUT2D eigenvalue weighted by molar-refractivity contribution is 0.0951. The van der Waals surface area contributed by atoms with Gasteiger partial charge in [0.25, 0.3) is 5.91 Å². The minimum atomic E-state index is -0.314. The summed E-state index contributed by atoms with van der Waals surface area (Å²) in [6, 6.07) is 16.3. The van der Waals surface area contributed by atoms with Gasteiger partial charge < -0.3 is 10.2 Å². The molecular weight excluding hydrogens is 450 g/mol. The molecular formula is C26H26F2N6O. The van der Waals surface area contributed by atoms with Crippen molar-refractivity contribution in [2.75, 3.05) is 44.2 Å². The van der Waals surface area contributed by atoms with Crippen molar-refractivity contribution in [3.8, 4) is 11.4 Å². The van der Waals surface area contributed by atoms with Crippen LogP contribution < -0.4 is 10.2 Å². The van der Waals surface area contributed by atoms with Crippen LogP contribution in [0.2, 0.25) is 0 Å². The third-order valence-electron chi connectivity index (χ3n) is 6.28. The molecule has 0 atom stereocenters. The number of para-hydroxylation sites is 1. The Morgan fingerprint density at radius 3 is 2.49 bits per heavy atom. The third-order valence-corrected chi connectivity index (χ3v) is 6.28. The first kappa shape index (κ1) is 22.9. The summed E-state index contributed by atoms with van der Waals surface area (Å²) in [5.41, 5.74) is 2.46. The van der Waals surface area contributed by atoms with E-state index in [0.29, 0.717) is 29.3 Å². The predicted molar refractivity (Wildman–Crippen MR) is 130 cm³/mol. The van der Waals surface area contributed by atoms with E-state index in [4.69, 9.17) is 0 Å². The van der Waals surface area contributed by atoms with Crippen LogP contribution in [-0.4, -0.2) is 64.7 Å². The Hall–Kier alpha value is -3.85. The maximum absolute atomic E-state index is 14.0. The number of amides is 1. The van der Waals surface area contributed by atoms with Crippen LogP contribution in [0.5, 0.6) is 0 Å². The number of benzene rings is 2. The first-order valence-electron chi connectivity index (χ1n) is 11.7. The van der Waals surface area contributed by atoms with E-state index in [9.17, 15) is 13.6 Å². The van der Waals surface area contributed by atoms with Crippen molar-refractivity contribution in [1.29, 1.82) is 0 Å². The van der Waals surface area contributed by atoms with Crippen molar-refractivity contribution in [2.24, 2.45) is 0 Å². The highest BCUT2D eigenvalue weighted by atomic mass is 19.1.